The molecule has 28 heavy (non-hydrogen) atoms. The summed E-state index contributed by atoms with van der Waals surface area (Å²) in [4.78, 5) is 20.1. The number of carbonyl (C=O) groups is 1. The first-order chi connectivity index (χ1) is 13.3. The van der Waals surface area contributed by atoms with Crippen molar-refractivity contribution in [2.24, 2.45) is 0 Å². The largest absolute Gasteiger partial charge is 0.372 e. The average molecular weight is 404 g/mol. The zero-order chi connectivity index (χ0) is 20.3. The number of benzene rings is 1. The normalized spacial score (nSPS) is 16.0. The lowest BCUT2D eigenvalue weighted by Crippen LogP contribution is -2.37. The molecule has 1 saturated heterocycles. The molecule has 0 aliphatic carbocycles. The highest BCUT2D eigenvalue weighted by atomic mass is 32.2. The first-order valence-electron chi connectivity index (χ1n) is 9.15. The summed E-state index contributed by atoms with van der Waals surface area (Å²) < 4.78 is 24.8. The Morgan fingerprint density at radius 3 is 2.36 bits per heavy atom. The van der Waals surface area contributed by atoms with Gasteiger partial charge in [0.2, 0.25) is 16.0 Å². The fourth-order valence-electron chi connectivity index (χ4n) is 3.38. The van der Waals surface area contributed by atoms with Gasteiger partial charge < -0.3 is 10.6 Å². The van der Waals surface area contributed by atoms with Gasteiger partial charge in [-0.05, 0) is 43.4 Å². The molecule has 1 aromatic carbocycles. The monoisotopic (exact) mass is 403 g/mol. The summed E-state index contributed by atoms with van der Waals surface area (Å²) in [6, 6.07) is 8.01. The second-order valence-corrected chi connectivity index (χ2v) is 8.93. The zero-order valence-electron chi connectivity index (χ0n) is 16.3. The second-order valence-electron chi connectivity index (χ2n) is 6.95. The number of carbonyl (C=O) groups excluding carboxylic acids is 1. The molecule has 1 fully saturated rings. The molecule has 0 atom stereocenters. The van der Waals surface area contributed by atoms with Crippen molar-refractivity contribution >= 4 is 33.3 Å². The smallest absolute Gasteiger partial charge is 0.229 e. The molecule has 0 bridgehead atoms. The van der Waals surface area contributed by atoms with Crippen LogP contribution in [0.5, 0.6) is 0 Å². The molecule has 3 rings (SSSR count). The lowest BCUT2D eigenvalue weighted by atomic mass is 9.90. The zero-order valence-corrected chi connectivity index (χ0v) is 17.1. The minimum atomic E-state index is -3.10. The van der Waals surface area contributed by atoms with Crippen LogP contribution in [-0.4, -0.2) is 54.9 Å². The fourth-order valence-corrected chi connectivity index (χ4v) is 4.25. The van der Waals surface area contributed by atoms with Gasteiger partial charge >= 0.3 is 0 Å². The molecule has 8 nitrogen and oxygen atoms in total. The van der Waals surface area contributed by atoms with E-state index >= 15 is 0 Å². The lowest BCUT2D eigenvalue weighted by molar-refractivity contribution is 0.101. The van der Waals surface area contributed by atoms with E-state index in [-0.39, 0.29) is 5.78 Å². The first kappa shape index (κ1) is 20.2. The van der Waals surface area contributed by atoms with Crippen LogP contribution in [0.1, 0.15) is 41.6 Å². The Bertz CT molecular complexity index is 952. The van der Waals surface area contributed by atoms with Gasteiger partial charge in [0.05, 0.1) is 11.8 Å². The van der Waals surface area contributed by atoms with Crippen molar-refractivity contribution in [2.75, 3.05) is 37.0 Å². The Morgan fingerprint density at radius 1 is 1.18 bits per heavy atom. The molecule has 1 aliphatic rings. The number of nitrogens with one attached hydrogen (secondary N) is 2. The number of ketones is 1. The molecule has 1 aromatic heterocycles. The number of rotatable bonds is 6. The van der Waals surface area contributed by atoms with Crippen molar-refractivity contribution in [3.63, 3.8) is 0 Å². The van der Waals surface area contributed by atoms with Crippen LogP contribution >= 0.6 is 0 Å². The van der Waals surface area contributed by atoms with Crippen molar-refractivity contribution in [1.29, 1.82) is 0 Å². The number of Topliss-reactive ketones (excluding diaryl/α,β-unsaturated/α-hetero) is 1. The van der Waals surface area contributed by atoms with Crippen LogP contribution in [0.4, 0.5) is 17.5 Å². The summed E-state index contributed by atoms with van der Waals surface area (Å²) in [7, 11) is -1.39. The highest BCUT2D eigenvalue weighted by Crippen LogP contribution is 2.30. The third-order valence-corrected chi connectivity index (χ3v) is 6.27. The van der Waals surface area contributed by atoms with E-state index in [9.17, 15) is 13.2 Å². The molecule has 2 heterocycles. The number of nitrogens with zero attached hydrogens (tertiary/aromatic N) is 3. The second kappa shape index (κ2) is 8.24. The minimum absolute atomic E-state index is 0.0952. The van der Waals surface area contributed by atoms with Gasteiger partial charge in [0, 0.05) is 32.0 Å². The average Bonchev–Trinajstić information content (AvgIpc) is 2.67. The van der Waals surface area contributed by atoms with E-state index in [1.54, 1.807) is 11.4 Å². The maximum Gasteiger partial charge on any atom is 0.229 e. The van der Waals surface area contributed by atoms with Crippen molar-refractivity contribution in [1.82, 2.24) is 14.3 Å². The molecule has 1 aliphatic heterocycles. The van der Waals surface area contributed by atoms with Gasteiger partial charge in [-0.2, -0.15) is 4.98 Å². The topological polar surface area (TPSA) is 104 Å². The number of piperidine rings is 1. The van der Waals surface area contributed by atoms with Crippen molar-refractivity contribution in [2.45, 2.75) is 25.7 Å². The molecule has 0 saturated carbocycles. The summed E-state index contributed by atoms with van der Waals surface area (Å²) in [5.41, 5.74) is 2.49. The highest BCUT2D eigenvalue weighted by Gasteiger charge is 2.25. The fraction of sp³-hybridized carbons (Fsp3) is 0.421. The van der Waals surface area contributed by atoms with E-state index in [1.165, 1.54) is 24.9 Å². The molecule has 0 amide bonds. The van der Waals surface area contributed by atoms with Crippen molar-refractivity contribution < 1.29 is 13.2 Å². The summed E-state index contributed by atoms with van der Waals surface area (Å²) >= 11 is 0. The maximum atomic E-state index is 11.6. The van der Waals surface area contributed by atoms with Gasteiger partial charge in [0.15, 0.2) is 5.78 Å². The molecular weight excluding hydrogens is 378 g/mol. The minimum Gasteiger partial charge on any atom is -0.372 e. The third kappa shape index (κ3) is 4.66. The van der Waals surface area contributed by atoms with E-state index < -0.39 is 10.0 Å². The summed E-state index contributed by atoms with van der Waals surface area (Å²) in [5.74, 6) is 1.15. The standard InChI is InChI=1S/C19H25N5O3S/c1-13(25)17-12-21-19(23-18(17)20-2)22-16-6-4-14(5-7-16)15-8-10-24(11-9-15)28(3,26)27/h4-7,12,15H,8-11H2,1-3H3,(H2,20,21,22,23). The molecule has 0 spiro atoms. The number of anilines is 3. The van der Waals surface area contributed by atoms with Gasteiger partial charge in [-0.3, -0.25) is 4.79 Å². The van der Waals surface area contributed by atoms with E-state index in [0.717, 1.165) is 18.5 Å². The summed E-state index contributed by atoms with van der Waals surface area (Å²) in [6.07, 6.45) is 4.41. The van der Waals surface area contributed by atoms with Crippen LogP contribution in [0.15, 0.2) is 30.5 Å². The van der Waals surface area contributed by atoms with E-state index in [1.807, 2.05) is 24.3 Å². The Balaban J connectivity index is 1.66. The molecule has 150 valence electrons. The van der Waals surface area contributed by atoms with E-state index in [0.29, 0.717) is 36.3 Å². The number of sulfonamides is 1. The molecule has 2 aromatic rings. The van der Waals surface area contributed by atoms with E-state index in [2.05, 4.69) is 20.6 Å². The Kier molecular flexibility index (Phi) is 5.95. The van der Waals surface area contributed by atoms with Crippen LogP contribution in [0.3, 0.4) is 0 Å². The quantitative estimate of drug-likeness (QED) is 0.714. The Morgan fingerprint density at radius 2 is 1.82 bits per heavy atom. The van der Waals surface area contributed by atoms with Crippen LogP contribution < -0.4 is 10.6 Å². The number of aromatic nitrogens is 2. The maximum absolute atomic E-state index is 11.6. The molecule has 0 unspecified atom stereocenters. The van der Waals surface area contributed by atoms with Crippen LogP contribution in [0.25, 0.3) is 0 Å². The molecule has 9 heteroatoms. The van der Waals surface area contributed by atoms with Crippen molar-refractivity contribution in [3.8, 4) is 0 Å². The molecule has 0 radical (unpaired) electrons. The number of hydrogen-bond donors (Lipinski definition) is 2. The van der Waals surface area contributed by atoms with Gasteiger partial charge in [0.1, 0.15) is 5.82 Å². The Hall–Kier alpha value is -2.52. The predicted molar refractivity (Wildman–Crippen MR) is 110 cm³/mol. The van der Waals surface area contributed by atoms with Crippen LogP contribution in [0, 0.1) is 0 Å². The van der Waals surface area contributed by atoms with Gasteiger partial charge in [-0.15, -0.1) is 0 Å². The predicted octanol–water partition coefficient (Wildman–Crippen LogP) is 2.60. The van der Waals surface area contributed by atoms with Gasteiger partial charge in [-0.25, -0.2) is 17.7 Å². The highest BCUT2D eigenvalue weighted by molar-refractivity contribution is 7.88. The van der Waals surface area contributed by atoms with Crippen molar-refractivity contribution in [3.05, 3.63) is 41.6 Å². The third-order valence-electron chi connectivity index (χ3n) is 4.97. The number of hydrogen-bond acceptors (Lipinski definition) is 7. The molecular formula is C19H25N5O3S. The van der Waals surface area contributed by atoms with Crippen LogP contribution in [0.2, 0.25) is 0 Å². The van der Waals surface area contributed by atoms with Gasteiger partial charge in [0.25, 0.3) is 0 Å². The summed E-state index contributed by atoms with van der Waals surface area (Å²) in [5, 5.41) is 6.05. The Labute approximate surface area is 165 Å². The molecule has 2 N–H and O–H groups in total. The SMILES string of the molecule is CNc1nc(Nc2ccc(C3CCN(S(C)(=O)=O)CC3)cc2)ncc1C(C)=O. The lowest BCUT2D eigenvalue weighted by Gasteiger charge is -2.30. The first-order valence-corrected chi connectivity index (χ1v) is 11.0. The van der Waals surface area contributed by atoms with Gasteiger partial charge in [-0.1, -0.05) is 12.1 Å². The summed E-state index contributed by atoms with van der Waals surface area (Å²) in [6.45, 7) is 2.60. The van der Waals surface area contributed by atoms with Crippen LogP contribution in [-0.2, 0) is 10.0 Å². The van der Waals surface area contributed by atoms with E-state index in [4.69, 9.17) is 0 Å².